The Hall–Kier alpha value is -4.65. The largest absolute Gasteiger partial charge is 0.381 e. The van der Waals surface area contributed by atoms with Crippen LogP contribution in [0.2, 0.25) is 0 Å². The Morgan fingerprint density at radius 2 is 1.94 bits per heavy atom. The second kappa shape index (κ2) is 7.88. The summed E-state index contributed by atoms with van der Waals surface area (Å²) in [5.41, 5.74) is 4.08. The zero-order chi connectivity index (χ0) is 22.1. The van der Waals surface area contributed by atoms with Gasteiger partial charge in [-0.1, -0.05) is 11.3 Å². The molecule has 0 unspecified atom stereocenters. The van der Waals surface area contributed by atoms with Gasteiger partial charge in [-0.25, -0.2) is 14.6 Å². The number of nitrogens with one attached hydrogen (secondary N) is 1. The number of hydrogen-bond donors (Lipinski definition) is 1. The van der Waals surface area contributed by atoms with Crippen LogP contribution in [-0.2, 0) is 0 Å². The molecule has 0 aliphatic carbocycles. The third-order valence-corrected chi connectivity index (χ3v) is 4.73. The highest BCUT2D eigenvalue weighted by Crippen LogP contribution is 2.25. The fourth-order valence-corrected chi connectivity index (χ4v) is 3.33. The molecule has 0 aromatic carbocycles. The van der Waals surface area contributed by atoms with Crippen molar-refractivity contribution < 1.29 is 0 Å². The third-order valence-electron chi connectivity index (χ3n) is 4.73. The lowest BCUT2D eigenvalue weighted by atomic mass is 10.2. The van der Waals surface area contributed by atoms with E-state index in [4.69, 9.17) is 5.26 Å². The van der Waals surface area contributed by atoms with Crippen molar-refractivity contribution in [3.05, 3.63) is 66.9 Å². The molecule has 0 amide bonds. The zero-order valence-corrected chi connectivity index (χ0v) is 17.4. The van der Waals surface area contributed by atoms with Crippen molar-refractivity contribution in [3.8, 4) is 29.0 Å². The average Bonchev–Trinajstić information content (AvgIpc) is 3.46. The molecular weight excluding hydrogens is 404 g/mol. The van der Waals surface area contributed by atoms with Crippen LogP contribution in [0.5, 0.6) is 0 Å². The van der Waals surface area contributed by atoms with Crippen LogP contribution in [0.3, 0.4) is 0 Å². The van der Waals surface area contributed by atoms with Crippen LogP contribution in [-0.4, -0.2) is 45.8 Å². The fraction of sp³-hybridized carbons (Fsp3) is 0.136. The molecule has 0 saturated heterocycles. The summed E-state index contributed by atoms with van der Waals surface area (Å²) in [6, 6.07) is 11.6. The number of nitrogens with zero attached hydrogens (tertiary/aromatic N) is 9. The van der Waals surface area contributed by atoms with E-state index in [-0.39, 0.29) is 6.04 Å². The molecule has 0 spiro atoms. The zero-order valence-electron chi connectivity index (χ0n) is 17.4. The van der Waals surface area contributed by atoms with E-state index in [1.807, 2.05) is 30.5 Å². The molecule has 5 aromatic heterocycles. The minimum atomic E-state index is 0.174. The quantitative estimate of drug-likeness (QED) is 0.458. The summed E-state index contributed by atoms with van der Waals surface area (Å²) < 4.78 is 3.32. The molecule has 10 nitrogen and oxygen atoms in total. The predicted molar refractivity (Wildman–Crippen MR) is 118 cm³/mol. The van der Waals surface area contributed by atoms with Crippen LogP contribution < -0.4 is 5.32 Å². The van der Waals surface area contributed by atoms with Gasteiger partial charge in [-0.3, -0.25) is 4.98 Å². The van der Waals surface area contributed by atoms with Crippen molar-refractivity contribution in [2.45, 2.75) is 19.9 Å². The molecule has 0 fully saturated rings. The number of nitriles is 1. The summed E-state index contributed by atoms with van der Waals surface area (Å²) in [5.74, 6) is 0.592. The highest BCUT2D eigenvalue weighted by Gasteiger charge is 2.15. The van der Waals surface area contributed by atoms with Crippen LogP contribution in [0.15, 0.2) is 61.3 Å². The topological polar surface area (TPSA) is 123 Å². The van der Waals surface area contributed by atoms with Crippen molar-refractivity contribution >= 4 is 16.7 Å². The number of anilines is 1. The summed E-state index contributed by atoms with van der Waals surface area (Å²) in [6.45, 7) is 4.11. The van der Waals surface area contributed by atoms with Crippen molar-refractivity contribution in [2.24, 2.45) is 0 Å². The molecule has 0 bridgehead atoms. The Balaban J connectivity index is 1.58. The van der Waals surface area contributed by atoms with E-state index >= 15 is 0 Å². The molecule has 0 atom stereocenters. The molecule has 1 N–H and O–H groups in total. The molecule has 156 valence electrons. The van der Waals surface area contributed by atoms with Gasteiger partial charge in [0.2, 0.25) is 0 Å². The Labute approximate surface area is 183 Å². The first-order chi connectivity index (χ1) is 15.6. The molecule has 0 aliphatic heterocycles. The number of hydrogen-bond acceptors (Lipinski definition) is 8. The van der Waals surface area contributed by atoms with Gasteiger partial charge in [-0.2, -0.15) is 15.0 Å². The monoisotopic (exact) mass is 422 g/mol. The smallest absolute Gasteiger partial charge is 0.164 e. The minimum Gasteiger partial charge on any atom is -0.381 e. The van der Waals surface area contributed by atoms with Gasteiger partial charge < -0.3 is 5.32 Å². The summed E-state index contributed by atoms with van der Waals surface area (Å²) in [4.78, 5) is 13.3. The molecule has 0 aliphatic rings. The van der Waals surface area contributed by atoms with E-state index in [9.17, 15) is 0 Å². The number of pyridine rings is 3. The maximum atomic E-state index is 9.10. The molecule has 0 saturated carbocycles. The van der Waals surface area contributed by atoms with Crippen molar-refractivity contribution in [1.82, 2.24) is 39.7 Å². The van der Waals surface area contributed by atoms with Gasteiger partial charge in [0.05, 0.1) is 35.5 Å². The second-order valence-corrected chi connectivity index (χ2v) is 7.43. The van der Waals surface area contributed by atoms with E-state index in [1.165, 1.54) is 6.20 Å². The Kier molecular flexibility index (Phi) is 4.76. The fourth-order valence-electron chi connectivity index (χ4n) is 3.33. The summed E-state index contributed by atoms with van der Waals surface area (Å²) in [7, 11) is 0. The lowest BCUT2D eigenvalue weighted by Crippen LogP contribution is -2.14. The highest BCUT2D eigenvalue weighted by molar-refractivity contribution is 5.77. The van der Waals surface area contributed by atoms with Crippen molar-refractivity contribution in [3.63, 3.8) is 0 Å². The van der Waals surface area contributed by atoms with E-state index in [1.54, 1.807) is 34.0 Å². The molecule has 5 rings (SSSR count). The van der Waals surface area contributed by atoms with Crippen molar-refractivity contribution in [1.29, 1.82) is 5.26 Å². The van der Waals surface area contributed by atoms with Gasteiger partial charge in [0.1, 0.15) is 17.5 Å². The van der Waals surface area contributed by atoms with Gasteiger partial charge in [-0.05, 0) is 32.0 Å². The van der Waals surface area contributed by atoms with Gasteiger partial charge in [0.25, 0.3) is 0 Å². The summed E-state index contributed by atoms with van der Waals surface area (Å²) in [5, 5.41) is 26.3. The van der Waals surface area contributed by atoms with Crippen LogP contribution in [0.4, 0.5) is 5.69 Å². The first-order valence-electron chi connectivity index (χ1n) is 9.97. The van der Waals surface area contributed by atoms with E-state index < -0.39 is 0 Å². The standard InChI is InChI=1S/C22H18N10/c1-14(2)28-18-8-21(32-22-16(11-27-32)7-15(9-23)10-26-22)25-12-20(18)31-13-19(29-30-31)17-5-3-4-6-24-17/h3-8,10-14H,1-2H3,(H,25,28). The van der Waals surface area contributed by atoms with Gasteiger partial charge in [-0.15, -0.1) is 5.10 Å². The lowest BCUT2D eigenvalue weighted by molar-refractivity contribution is 0.789. The van der Waals surface area contributed by atoms with Crippen LogP contribution in [0.1, 0.15) is 19.4 Å². The minimum absolute atomic E-state index is 0.174. The van der Waals surface area contributed by atoms with E-state index in [0.717, 1.165) is 22.5 Å². The van der Waals surface area contributed by atoms with Crippen molar-refractivity contribution in [2.75, 3.05) is 5.32 Å². The first-order valence-corrected chi connectivity index (χ1v) is 9.97. The summed E-state index contributed by atoms with van der Waals surface area (Å²) in [6.07, 6.45) is 8.45. The van der Waals surface area contributed by atoms with E-state index in [2.05, 4.69) is 55.6 Å². The molecule has 0 radical (unpaired) electrons. The summed E-state index contributed by atoms with van der Waals surface area (Å²) >= 11 is 0. The van der Waals surface area contributed by atoms with Crippen LogP contribution in [0, 0.1) is 11.3 Å². The number of fused-ring (bicyclic) bond motifs is 1. The van der Waals surface area contributed by atoms with Crippen LogP contribution in [0.25, 0.3) is 33.9 Å². The molecular formula is C22H18N10. The predicted octanol–water partition coefficient (Wildman–Crippen LogP) is 3.15. The second-order valence-electron chi connectivity index (χ2n) is 7.43. The molecule has 10 heteroatoms. The van der Waals surface area contributed by atoms with Gasteiger partial charge in [0, 0.05) is 29.9 Å². The maximum Gasteiger partial charge on any atom is 0.164 e. The van der Waals surface area contributed by atoms with Gasteiger partial charge in [0.15, 0.2) is 11.5 Å². The normalized spacial score (nSPS) is 11.1. The molecule has 5 heterocycles. The Bertz CT molecular complexity index is 1440. The number of rotatable bonds is 5. The number of aromatic nitrogens is 8. The SMILES string of the molecule is CC(C)Nc1cc(-n2ncc3cc(C#N)cnc32)ncc1-n1cc(-c2ccccn2)nn1. The Morgan fingerprint density at radius 1 is 1.03 bits per heavy atom. The third kappa shape index (κ3) is 3.52. The highest BCUT2D eigenvalue weighted by atomic mass is 15.4. The lowest BCUT2D eigenvalue weighted by Gasteiger charge is -2.15. The van der Waals surface area contributed by atoms with E-state index in [0.29, 0.717) is 22.7 Å². The molecule has 32 heavy (non-hydrogen) atoms. The maximum absolute atomic E-state index is 9.10. The van der Waals surface area contributed by atoms with Crippen LogP contribution >= 0.6 is 0 Å². The van der Waals surface area contributed by atoms with Gasteiger partial charge >= 0.3 is 0 Å². The first kappa shape index (κ1) is 19.3. The Morgan fingerprint density at radius 3 is 2.72 bits per heavy atom. The molecule has 5 aromatic rings. The average molecular weight is 422 g/mol.